The predicted molar refractivity (Wildman–Crippen MR) is 135 cm³/mol. The molecule has 0 spiro atoms. The van der Waals surface area contributed by atoms with Gasteiger partial charge in [-0.2, -0.15) is 0 Å². The molecule has 2 aliphatic rings. The Morgan fingerprint density at radius 1 is 0.477 bits per heavy atom. The molecular formula is C26H36O18. The van der Waals surface area contributed by atoms with Crippen molar-refractivity contribution in [2.45, 2.75) is 110 Å². The Kier molecular flexibility index (Phi) is 13.4. The Bertz CT molecular complexity index is 1090. The van der Waals surface area contributed by atoms with E-state index in [1.54, 1.807) is 0 Å². The van der Waals surface area contributed by atoms with Crippen LogP contribution in [0.3, 0.4) is 0 Å². The highest BCUT2D eigenvalue weighted by Gasteiger charge is 2.57. The van der Waals surface area contributed by atoms with Crippen LogP contribution in [0.4, 0.5) is 0 Å². The zero-order valence-corrected chi connectivity index (χ0v) is 25.1. The molecule has 0 amide bonds. The third-order valence-electron chi connectivity index (χ3n) is 5.90. The van der Waals surface area contributed by atoms with E-state index in [1.165, 1.54) is 0 Å². The van der Waals surface area contributed by atoms with Crippen LogP contribution in [-0.4, -0.2) is 122 Å². The molecule has 0 radical (unpaired) electrons. The van der Waals surface area contributed by atoms with Gasteiger partial charge in [-0.3, -0.25) is 33.6 Å². The van der Waals surface area contributed by atoms with Crippen LogP contribution < -0.4 is 0 Å². The van der Waals surface area contributed by atoms with E-state index < -0.39 is 116 Å². The first-order chi connectivity index (χ1) is 20.5. The first-order valence-electron chi connectivity index (χ1n) is 13.3. The van der Waals surface area contributed by atoms with Crippen molar-refractivity contribution in [2.75, 3.05) is 13.2 Å². The fourth-order valence-corrected chi connectivity index (χ4v) is 4.49. The van der Waals surface area contributed by atoms with E-state index in [1.807, 2.05) is 0 Å². The molecule has 2 heterocycles. The van der Waals surface area contributed by atoms with Crippen LogP contribution in [0.25, 0.3) is 0 Å². The predicted octanol–water partition coefficient (Wildman–Crippen LogP) is -1.40. The first kappa shape index (κ1) is 36.3. The van der Waals surface area contributed by atoms with Crippen LogP contribution >= 0.6 is 0 Å². The molecule has 0 bridgehead atoms. The summed E-state index contributed by atoms with van der Waals surface area (Å²) in [7, 11) is 0. The van der Waals surface area contributed by atoms with Gasteiger partial charge in [0.05, 0.1) is 0 Å². The molecule has 0 aromatic carbocycles. The van der Waals surface area contributed by atoms with Gasteiger partial charge >= 0.3 is 41.8 Å². The van der Waals surface area contributed by atoms with Crippen molar-refractivity contribution < 1.29 is 86.0 Å². The molecule has 2 aliphatic heterocycles. The highest BCUT2D eigenvalue weighted by molar-refractivity contribution is 5.69. The average Bonchev–Trinajstić information content (AvgIpc) is 2.87. The molecule has 18 heteroatoms. The maximum atomic E-state index is 12.2. The van der Waals surface area contributed by atoms with Gasteiger partial charge in [-0.1, -0.05) is 0 Å². The van der Waals surface area contributed by atoms with Gasteiger partial charge in [0.2, 0.25) is 0 Å². The lowest BCUT2D eigenvalue weighted by Gasteiger charge is -2.48. The van der Waals surface area contributed by atoms with Gasteiger partial charge in [-0.15, -0.1) is 0 Å². The number of aliphatic hydroxyl groups is 1. The fraction of sp³-hybridized carbons (Fsp3) is 0.731. The summed E-state index contributed by atoms with van der Waals surface area (Å²) in [5.41, 5.74) is 0. The molecule has 2 rings (SSSR count). The third-order valence-corrected chi connectivity index (χ3v) is 5.90. The van der Waals surface area contributed by atoms with E-state index in [0.717, 1.165) is 48.5 Å². The highest BCUT2D eigenvalue weighted by atomic mass is 16.8. The number of hydrogen-bond acceptors (Lipinski definition) is 18. The summed E-state index contributed by atoms with van der Waals surface area (Å²) in [5, 5.41) is 10.6. The number of aliphatic hydroxyl groups excluding tert-OH is 1. The van der Waals surface area contributed by atoms with Gasteiger partial charge in [0.1, 0.15) is 31.5 Å². The van der Waals surface area contributed by atoms with Crippen molar-refractivity contribution in [1.82, 2.24) is 0 Å². The Balaban J connectivity index is 2.66. The molecule has 2 fully saturated rings. The van der Waals surface area contributed by atoms with Gasteiger partial charge < -0.3 is 52.5 Å². The molecule has 248 valence electrons. The lowest BCUT2D eigenvalue weighted by Crippen LogP contribution is -2.67. The third kappa shape index (κ3) is 10.7. The topological polar surface area (TPSA) is 232 Å². The Morgan fingerprint density at radius 2 is 0.841 bits per heavy atom. The number of ether oxygens (including phenoxy) is 10. The summed E-state index contributed by atoms with van der Waals surface area (Å²) >= 11 is 0. The van der Waals surface area contributed by atoms with Crippen LogP contribution in [-0.2, 0) is 80.9 Å². The average molecular weight is 637 g/mol. The molecule has 4 unspecified atom stereocenters. The maximum absolute atomic E-state index is 12.2. The number of rotatable bonds is 11. The van der Waals surface area contributed by atoms with Crippen molar-refractivity contribution in [1.29, 1.82) is 0 Å². The second-order valence-corrected chi connectivity index (χ2v) is 9.68. The molecule has 10 atom stereocenters. The normalized spacial score (nSPS) is 31.5. The first-order valence-corrected chi connectivity index (χ1v) is 13.3. The van der Waals surface area contributed by atoms with Gasteiger partial charge in [-0.25, -0.2) is 0 Å². The Labute approximate surface area is 251 Å². The zero-order chi connectivity index (χ0) is 33.3. The van der Waals surface area contributed by atoms with Crippen molar-refractivity contribution in [3.05, 3.63) is 0 Å². The molecule has 44 heavy (non-hydrogen) atoms. The standard InChI is InChI=1S/C26H36O18/c1-10(27)35-8-17-20(21(38-13(4)30)23(25(34)42-17)40-15(6)32)44-26-24(41-16(7)33)22(39-14(5)31)19(37-12(3)29)18(43-26)9-36-11(2)28/h17-26,34H,8-9H2,1-7H3/t17?,18?,19-,20-,21+,22+,23?,24?,25+,26+/m1/s1. The monoisotopic (exact) mass is 636 g/mol. The number of carbonyl (C=O) groups is 7. The minimum atomic E-state index is -1.90. The molecule has 18 nitrogen and oxygen atoms in total. The van der Waals surface area contributed by atoms with Gasteiger partial charge in [0.25, 0.3) is 0 Å². The van der Waals surface area contributed by atoms with Crippen molar-refractivity contribution >= 4 is 41.8 Å². The molecule has 1 N–H and O–H groups in total. The molecule has 2 saturated heterocycles. The van der Waals surface area contributed by atoms with E-state index >= 15 is 0 Å². The van der Waals surface area contributed by atoms with E-state index in [2.05, 4.69) is 0 Å². The highest BCUT2D eigenvalue weighted by Crippen LogP contribution is 2.34. The summed E-state index contributed by atoms with van der Waals surface area (Å²) < 4.78 is 54.1. The fourth-order valence-electron chi connectivity index (χ4n) is 4.49. The summed E-state index contributed by atoms with van der Waals surface area (Å²) in [4.78, 5) is 83.5. The van der Waals surface area contributed by atoms with Crippen molar-refractivity contribution in [2.24, 2.45) is 0 Å². The Morgan fingerprint density at radius 3 is 1.27 bits per heavy atom. The maximum Gasteiger partial charge on any atom is 0.303 e. The number of hydrogen-bond donors (Lipinski definition) is 1. The second kappa shape index (κ2) is 16.3. The van der Waals surface area contributed by atoms with E-state index in [4.69, 9.17) is 47.4 Å². The lowest BCUT2D eigenvalue weighted by molar-refractivity contribution is -0.357. The van der Waals surface area contributed by atoms with E-state index in [-0.39, 0.29) is 0 Å². The van der Waals surface area contributed by atoms with E-state index in [0.29, 0.717) is 0 Å². The molecule has 0 aromatic rings. The van der Waals surface area contributed by atoms with Crippen molar-refractivity contribution in [3.8, 4) is 0 Å². The van der Waals surface area contributed by atoms with Crippen molar-refractivity contribution in [3.63, 3.8) is 0 Å². The Hall–Kier alpha value is -3.87. The molecule has 0 aromatic heterocycles. The minimum absolute atomic E-state index is 0.572. The minimum Gasteiger partial charge on any atom is -0.463 e. The van der Waals surface area contributed by atoms with Gasteiger partial charge in [0, 0.05) is 48.5 Å². The van der Waals surface area contributed by atoms with Crippen LogP contribution in [0.15, 0.2) is 0 Å². The SMILES string of the molecule is CC(=O)OCC1O[C@@H](O[C@@H]2C(COC(C)=O)O[C@H](O)C(OC(C)=O)[C@H]2OC(C)=O)C(OC(C)=O)[C@@H](OC(C)=O)[C@@H]1OC(C)=O. The number of esters is 7. The summed E-state index contributed by atoms with van der Waals surface area (Å²) in [6, 6.07) is 0. The van der Waals surface area contributed by atoms with Gasteiger partial charge in [0.15, 0.2) is 43.1 Å². The smallest absolute Gasteiger partial charge is 0.303 e. The van der Waals surface area contributed by atoms with E-state index in [9.17, 15) is 38.7 Å². The molecule has 0 aliphatic carbocycles. The summed E-state index contributed by atoms with van der Waals surface area (Å²) in [6.45, 7) is 6.11. The zero-order valence-electron chi connectivity index (χ0n) is 25.1. The van der Waals surface area contributed by atoms with Crippen LogP contribution in [0.2, 0.25) is 0 Å². The molecular weight excluding hydrogens is 600 g/mol. The summed E-state index contributed by atoms with van der Waals surface area (Å²) in [5.74, 6) is -6.03. The lowest BCUT2D eigenvalue weighted by atomic mass is 9.96. The summed E-state index contributed by atoms with van der Waals surface area (Å²) in [6.07, 6.45) is -16.3. The quantitative estimate of drug-likeness (QED) is 0.203. The van der Waals surface area contributed by atoms with Crippen LogP contribution in [0, 0.1) is 0 Å². The molecule has 0 saturated carbocycles. The van der Waals surface area contributed by atoms with Gasteiger partial charge in [-0.05, 0) is 0 Å². The van der Waals surface area contributed by atoms with Crippen LogP contribution in [0.1, 0.15) is 48.5 Å². The van der Waals surface area contributed by atoms with Crippen LogP contribution in [0.5, 0.6) is 0 Å². The largest absolute Gasteiger partial charge is 0.463 e. The second-order valence-electron chi connectivity index (χ2n) is 9.68. The number of carbonyl (C=O) groups excluding carboxylic acids is 7.